The summed E-state index contributed by atoms with van der Waals surface area (Å²) in [6.45, 7) is 4.65. The monoisotopic (exact) mass is 381 g/mol. The molecule has 0 saturated heterocycles. The molecule has 3 rings (SSSR count). The minimum Gasteiger partial charge on any atom is -0.483 e. The number of aromatic nitrogens is 2. The number of amides is 1. The Morgan fingerprint density at radius 1 is 1.14 bits per heavy atom. The van der Waals surface area contributed by atoms with Crippen LogP contribution >= 0.6 is 0 Å². The van der Waals surface area contributed by atoms with Crippen molar-refractivity contribution in [1.29, 1.82) is 0 Å². The highest BCUT2D eigenvalue weighted by Gasteiger charge is 2.16. The lowest BCUT2D eigenvalue weighted by molar-refractivity contribution is -0.118. The number of aryl methyl sites for hydroxylation is 1. The molecule has 1 N–H and O–H groups in total. The number of carbonyl (C=O) groups excluding carboxylic acids is 2. The van der Waals surface area contributed by atoms with Gasteiger partial charge in [0.05, 0.1) is 28.3 Å². The van der Waals surface area contributed by atoms with E-state index in [9.17, 15) is 14.0 Å². The fourth-order valence-electron chi connectivity index (χ4n) is 2.87. The first-order chi connectivity index (χ1) is 13.4. The first-order valence-corrected chi connectivity index (χ1v) is 8.71. The number of para-hydroxylation sites is 1. The molecule has 0 spiro atoms. The minimum atomic E-state index is -0.540. The summed E-state index contributed by atoms with van der Waals surface area (Å²) in [5, 5.41) is 7.27. The molecule has 0 radical (unpaired) electrons. The second-order valence-corrected chi connectivity index (χ2v) is 6.33. The average molecular weight is 381 g/mol. The Balaban J connectivity index is 1.73. The van der Waals surface area contributed by atoms with Gasteiger partial charge in [0.15, 0.2) is 12.4 Å². The Hall–Kier alpha value is -3.48. The molecule has 2 aromatic carbocycles. The summed E-state index contributed by atoms with van der Waals surface area (Å²) < 4.78 is 20.5. The van der Waals surface area contributed by atoms with Crippen LogP contribution in [0.1, 0.15) is 28.7 Å². The Morgan fingerprint density at radius 2 is 1.86 bits per heavy atom. The van der Waals surface area contributed by atoms with Crippen LogP contribution in [0.4, 0.5) is 10.1 Å². The predicted octanol–water partition coefficient (Wildman–Crippen LogP) is 3.85. The second-order valence-electron chi connectivity index (χ2n) is 6.33. The minimum absolute atomic E-state index is 0.0945. The van der Waals surface area contributed by atoms with Gasteiger partial charge in [0.25, 0.3) is 5.91 Å². The molecule has 0 aliphatic rings. The zero-order valence-corrected chi connectivity index (χ0v) is 15.8. The van der Waals surface area contributed by atoms with Crippen molar-refractivity contribution in [2.75, 3.05) is 11.9 Å². The predicted molar refractivity (Wildman–Crippen MR) is 104 cm³/mol. The molecule has 0 aliphatic heterocycles. The second kappa shape index (κ2) is 8.04. The number of Topliss-reactive ketones (excluding diaryl/α,β-unsaturated/α-hetero) is 1. The van der Waals surface area contributed by atoms with Gasteiger partial charge in [-0.3, -0.25) is 9.59 Å². The van der Waals surface area contributed by atoms with Gasteiger partial charge in [-0.15, -0.1) is 0 Å². The molecule has 28 heavy (non-hydrogen) atoms. The highest BCUT2D eigenvalue weighted by atomic mass is 19.1. The average Bonchev–Trinajstić information content (AvgIpc) is 2.95. The number of hydrogen-bond acceptors (Lipinski definition) is 4. The third-order valence-corrected chi connectivity index (χ3v) is 4.24. The van der Waals surface area contributed by atoms with Gasteiger partial charge >= 0.3 is 0 Å². The van der Waals surface area contributed by atoms with Crippen LogP contribution in [0.2, 0.25) is 0 Å². The Bertz CT molecular complexity index is 1030. The van der Waals surface area contributed by atoms with E-state index in [4.69, 9.17) is 4.74 Å². The van der Waals surface area contributed by atoms with Gasteiger partial charge in [-0.2, -0.15) is 5.10 Å². The van der Waals surface area contributed by atoms with E-state index < -0.39 is 11.7 Å². The van der Waals surface area contributed by atoms with Crippen molar-refractivity contribution >= 4 is 17.4 Å². The summed E-state index contributed by atoms with van der Waals surface area (Å²) in [6, 6.07) is 13.2. The molecule has 0 bridgehead atoms. The number of nitrogens with zero attached hydrogens (tertiary/aromatic N) is 2. The molecule has 7 heteroatoms. The molecular weight excluding hydrogens is 361 g/mol. The van der Waals surface area contributed by atoms with Crippen LogP contribution < -0.4 is 10.1 Å². The lowest BCUT2D eigenvalue weighted by Gasteiger charge is -2.11. The Labute approximate surface area is 161 Å². The van der Waals surface area contributed by atoms with Crippen molar-refractivity contribution in [3.63, 3.8) is 0 Å². The van der Waals surface area contributed by atoms with Crippen LogP contribution in [-0.2, 0) is 4.79 Å². The Morgan fingerprint density at radius 3 is 2.54 bits per heavy atom. The van der Waals surface area contributed by atoms with Gasteiger partial charge in [0.1, 0.15) is 11.6 Å². The van der Waals surface area contributed by atoms with Crippen LogP contribution in [0, 0.1) is 19.7 Å². The third kappa shape index (κ3) is 4.09. The van der Waals surface area contributed by atoms with Gasteiger partial charge in [-0.25, -0.2) is 9.07 Å². The number of anilines is 1. The molecule has 0 unspecified atom stereocenters. The first kappa shape index (κ1) is 19.3. The third-order valence-electron chi connectivity index (χ3n) is 4.24. The number of rotatable bonds is 6. The zero-order valence-electron chi connectivity index (χ0n) is 15.8. The van der Waals surface area contributed by atoms with E-state index in [0.717, 1.165) is 17.4 Å². The van der Waals surface area contributed by atoms with Crippen LogP contribution in [-0.4, -0.2) is 28.1 Å². The van der Waals surface area contributed by atoms with Crippen LogP contribution in [0.5, 0.6) is 5.75 Å². The number of ether oxygens (including phenoxy) is 1. The molecular formula is C21H20FN3O3. The number of ketones is 1. The van der Waals surface area contributed by atoms with Crippen molar-refractivity contribution in [1.82, 2.24) is 9.78 Å². The van der Waals surface area contributed by atoms with E-state index >= 15 is 0 Å². The van der Waals surface area contributed by atoms with E-state index in [1.54, 1.807) is 11.6 Å². The Kier molecular flexibility index (Phi) is 5.54. The molecule has 3 aromatic rings. The quantitative estimate of drug-likeness (QED) is 0.658. The topological polar surface area (TPSA) is 73.2 Å². The SMILES string of the molecule is CC(=O)c1cc(F)ccc1OCC(=O)Nc1c(C)nn(-c2ccccc2)c1C. The molecule has 1 heterocycles. The van der Waals surface area contributed by atoms with Gasteiger partial charge in [0, 0.05) is 0 Å². The maximum Gasteiger partial charge on any atom is 0.262 e. The van der Waals surface area contributed by atoms with E-state index in [0.29, 0.717) is 11.4 Å². The number of hydrogen-bond donors (Lipinski definition) is 1. The van der Waals surface area contributed by atoms with Crippen molar-refractivity contribution in [2.45, 2.75) is 20.8 Å². The van der Waals surface area contributed by atoms with Crippen molar-refractivity contribution in [2.24, 2.45) is 0 Å². The summed E-state index contributed by atoms with van der Waals surface area (Å²) in [5.74, 6) is -1.12. The van der Waals surface area contributed by atoms with Crippen molar-refractivity contribution < 1.29 is 18.7 Å². The number of nitrogens with one attached hydrogen (secondary N) is 1. The molecule has 1 amide bonds. The smallest absolute Gasteiger partial charge is 0.262 e. The summed E-state index contributed by atoms with van der Waals surface area (Å²) in [6.07, 6.45) is 0. The molecule has 6 nitrogen and oxygen atoms in total. The number of carbonyl (C=O) groups is 2. The van der Waals surface area contributed by atoms with E-state index in [1.165, 1.54) is 19.1 Å². The van der Waals surface area contributed by atoms with Crippen LogP contribution in [0.15, 0.2) is 48.5 Å². The first-order valence-electron chi connectivity index (χ1n) is 8.71. The maximum atomic E-state index is 13.3. The highest BCUT2D eigenvalue weighted by molar-refractivity contribution is 5.97. The fourth-order valence-corrected chi connectivity index (χ4v) is 2.87. The van der Waals surface area contributed by atoms with Crippen LogP contribution in [0.3, 0.4) is 0 Å². The standard InChI is InChI=1S/C21H20FN3O3/c1-13-21(14(2)25(24-13)17-7-5-4-6-8-17)23-20(27)12-28-19-10-9-16(22)11-18(19)15(3)26/h4-11H,12H2,1-3H3,(H,23,27). The maximum absolute atomic E-state index is 13.3. The van der Waals surface area contributed by atoms with Gasteiger partial charge in [0.2, 0.25) is 0 Å². The summed E-state index contributed by atoms with van der Waals surface area (Å²) in [7, 11) is 0. The van der Waals surface area contributed by atoms with Gasteiger partial charge in [-0.05, 0) is 51.1 Å². The van der Waals surface area contributed by atoms with E-state index in [1.807, 2.05) is 37.3 Å². The molecule has 0 aliphatic carbocycles. The molecule has 0 saturated carbocycles. The summed E-state index contributed by atoms with van der Waals surface area (Å²) >= 11 is 0. The number of halogens is 1. The van der Waals surface area contributed by atoms with Gasteiger partial charge < -0.3 is 10.1 Å². The lowest BCUT2D eigenvalue weighted by Crippen LogP contribution is -2.21. The van der Waals surface area contributed by atoms with E-state index in [2.05, 4.69) is 10.4 Å². The van der Waals surface area contributed by atoms with Crippen molar-refractivity contribution in [3.8, 4) is 11.4 Å². The largest absolute Gasteiger partial charge is 0.483 e. The van der Waals surface area contributed by atoms with Crippen LogP contribution in [0.25, 0.3) is 5.69 Å². The van der Waals surface area contributed by atoms with Gasteiger partial charge in [-0.1, -0.05) is 18.2 Å². The summed E-state index contributed by atoms with van der Waals surface area (Å²) in [5.41, 5.74) is 3.03. The van der Waals surface area contributed by atoms with Crippen molar-refractivity contribution in [3.05, 3.63) is 71.3 Å². The summed E-state index contributed by atoms with van der Waals surface area (Å²) in [4.78, 5) is 24.0. The lowest BCUT2D eigenvalue weighted by atomic mass is 10.1. The molecule has 0 atom stereocenters. The van der Waals surface area contributed by atoms with E-state index in [-0.39, 0.29) is 23.7 Å². The number of benzene rings is 2. The molecule has 144 valence electrons. The zero-order chi connectivity index (χ0) is 20.3. The fraction of sp³-hybridized carbons (Fsp3) is 0.190. The molecule has 0 fully saturated rings. The normalized spacial score (nSPS) is 10.6. The highest BCUT2D eigenvalue weighted by Crippen LogP contribution is 2.23. The molecule has 1 aromatic heterocycles.